The SMILES string of the molecule is CC(=O)N[C@H]1[C@H](OC[C@H]2O[C@@H](O[C@H]3[C@H](O)[C@@H](O)C(O)O[C@@H]3CO)[C@H](O)[C@@H](O[C@@H]3O[C@H](CO)[C@@H](O[C@@H]4O[C@H](CO)[C@H](O)[C@H](O)[C@H]4O[C@@H]4O[C@@H](C)[C@@H](O)[C@@H](O)[C@@H]4O)[C@H](O[C@@H]4O[C@@H](C)[C@@H](O)[C@@H](O)[C@@H]4O)[C@H]3NC(C)=O)[C@H]2O)O[C@H](CO)[C@@H](O[C@@H]2O[C@H](CO)[C@H](O)[C@H](O[C@@H]3O[C@H](CO)[C@@H](O[C@@H]4O[C@H](CO)[C@H](O)[C@H](O)[C@H]4O[C@@H]4O[C@@H](C)[C@@H](O)[C@@H](O)[C@@H]4O)[C@H](O[C@@H]4O[C@@H](C)[C@@H](O)[C@@H](O)[C@@H]4O)[C@H]3NC(C)=O)[C@H]2O)[C@@H]1O. The molecule has 0 aromatic carbocycles. The lowest BCUT2D eigenvalue weighted by molar-refractivity contribution is -0.402. The Kier molecular flexibility index (Phi) is 39.7. The summed E-state index contributed by atoms with van der Waals surface area (Å²) in [4.78, 5) is 40.7. The van der Waals surface area contributed by atoms with Gasteiger partial charge in [0.05, 0.1) is 77.3 Å². The molecule has 1 unspecified atom stereocenters. The molecule has 800 valence electrons. The lowest BCUT2D eigenvalue weighted by Gasteiger charge is -2.52. The molecule has 60 nitrogen and oxygen atoms in total. The van der Waals surface area contributed by atoms with Crippen LogP contribution in [0.5, 0.6) is 0 Å². The predicted octanol–water partition coefficient (Wildman–Crippen LogP) is -22.6. The van der Waals surface area contributed by atoms with Crippen molar-refractivity contribution in [2.75, 3.05) is 52.9 Å². The zero-order chi connectivity index (χ0) is 101. The second-order valence-corrected chi connectivity index (χ2v) is 35.8. The van der Waals surface area contributed by atoms with Crippen LogP contribution >= 0.6 is 0 Å². The molecule has 0 saturated carbocycles. The second kappa shape index (κ2) is 48.5. The highest BCUT2D eigenvalue weighted by Gasteiger charge is 2.64. The van der Waals surface area contributed by atoms with Crippen LogP contribution in [0, 0.1) is 0 Å². The zero-order valence-corrected chi connectivity index (χ0v) is 74.8. The van der Waals surface area contributed by atoms with E-state index in [2.05, 4.69) is 16.0 Å². The summed E-state index contributed by atoms with van der Waals surface area (Å²) < 4.78 is 139. The number of rotatable bonds is 33. The maximum Gasteiger partial charge on any atom is 0.217 e. The molecule has 34 N–H and O–H groups in total. The monoisotopic (exact) mass is 2020 g/mol. The van der Waals surface area contributed by atoms with Crippen molar-refractivity contribution in [1.29, 1.82) is 0 Å². The number of hydrogen-bond donors (Lipinski definition) is 34. The summed E-state index contributed by atoms with van der Waals surface area (Å²) in [5, 5.41) is 356. The fraction of sp³-hybridized carbons (Fsp3) is 0.962. The average molecular weight is 2020 g/mol. The lowest BCUT2D eigenvalue weighted by Crippen LogP contribution is -2.72. The highest BCUT2D eigenvalue weighted by molar-refractivity contribution is 5.74. The minimum Gasteiger partial charge on any atom is -0.394 e. The van der Waals surface area contributed by atoms with E-state index in [-0.39, 0.29) is 0 Å². The third-order valence-electron chi connectivity index (χ3n) is 26.1. The maximum atomic E-state index is 13.7. The molecule has 12 aliphatic rings. The summed E-state index contributed by atoms with van der Waals surface area (Å²) in [5.74, 6) is -3.08. The summed E-state index contributed by atoms with van der Waals surface area (Å²) in [6.07, 6.45) is -118. The van der Waals surface area contributed by atoms with Gasteiger partial charge in [-0.2, -0.15) is 0 Å². The van der Waals surface area contributed by atoms with Crippen LogP contribution in [0.15, 0.2) is 0 Å². The van der Waals surface area contributed by atoms with Gasteiger partial charge in [0.15, 0.2) is 75.5 Å². The van der Waals surface area contributed by atoms with E-state index in [1.165, 1.54) is 27.7 Å². The first kappa shape index (κ1) is 113. The third kappa shape index (κ3) is 24.1. The van der Waals surface area contributed by atoms with Crippen LogP contribution in [0.2, 0.25) is 0 Å². The molecule has 0 bridgehead atoms. The van der Waals surface area contributed by atoms with E-state index < -0.39 is 439 Å². The second-order valence-electron chi connectivity index (χ2n) is 35.8. The number of ether oxygens (including phenoxy) is 23. The standard InChI is InChI=1S/C78H131N3O57/c1-16-34(92)43(101)51(109)71(117-16)133-61-32(80-21(6)90)69(126-28(13-87)59(61)131-77-65(47(105)38(96)23(8-82)123-77)137-73-53(111)45(103)36(94)18(3)119-73)135-63-40(98)25(10-84)122-75(55(63)113)129-57-27(12-86)125-68(31(42(57)100)79-20(5)89)116-15-30-41(99)64(56(114)76(128-30)130-58-26(11-85)121-67(115)50(108)49(58)107)136-70-33(81-22(7)91)62(134-72-52(110)44(102)35(93)17(2)118-72)60(29(14-88)127-70)132-78-66(48(106)39(97)24(9-83)124-78)138-74-54(112)46(104)37(95)19(4)120-74/h16-19,23-78,82-88,92-115H,8-15H2,1-7H3,(H,79,89)(H,80,90)(H,81,91)/t16-,17-,18-,19-,23+,24+,25+,26+,27+,28+,29+,30+,31+,32+,33+,34+,35+,36+,37+,38-,39-,40-,41-,42+,43+,44+,45+,46+,47-,48-,49+,50+,51-,52-,53-,54-,55+,56+,57+,58+,59+,60+,61+,62+,63-,64-,65+,66+,67?,68+,69-,70-,71-,72-,73-,74-,75-,76-,77-,78-/m0/s1. The number of amides is 3. The van der Waals surface area contributed by atoms with E-state index in [1.54, 1.807) is 0 Å². The Balaban J connectivity index is 0.832. The normalized spacial score (nSPS) is 52.1. The van der Waals surface area contributed by atoms with Gasteiger partial charge in [-0.05, 0) is 27.7 Å². The summed E-state index contributed by atoms with van der Waals surface area (Å²) in [5.41, 5.74) is 0. The summed E-state index contributed by atoms with van der Waals surface area (Å²) in [6.45, 7) is -1.84. The van der Waals surface area contributed by atoms with Crippen molar-refractivity contribution in [2.24, 2.45) is 0 Å². The summed E-state index contributed by atoms with van der Waals surface area (Å²) in [6, 6.07) is -6.19. The third-order valence-corrected chi connectivity index (χ3v) is 26.1. The summed E-state index contributed by atoms with van der Waals surface area (Å²) in [7, 11) is 0. The fourth-order valence-corrected chi connectivity index (χ4v) is 18.3. The molecule has 12 fully saturated rings. The fourth-order valence-electron chi connectivity index (χ4n) is 18.3. The van der Waals surface area contributed by atoms with Crippen LogP contribution in [0.25, 0.3) is 0 Å². The van der Waals surface area contributed by atoms with Crippen LogP contribution in [-0.2, 0) is 123 Å². The Hall–Kier alpha value is -3.75. The van der Waals surface area contributed by atoms with Gasteiger partial charge in [-0.15, -0.1) is 0 Å². The molecule has 12 saturated heterocycles. The molecule has 60 heteroatoms. The Bertz CT molecular complexity index is 3790. The maximum absolute atomic E-state index is 13.7. The molecule has 138 heavy (non-hydrogen) atoms. The highest BCUT2D eigenvalue weighted by atomic mass is 16.8. The zero-order valence-electron chi connectivity index (χ0n) is 74.8. The van der Waals surface area contributed by atoms with Gasteiger partial charge in [0.25, 0.3) is 0 Å². The van der Waals surface area contributed by atoms with Crippen LogP contribution < -0.4 is 16.0 Å². The number of carbonyl (C=O) groups is 3. The quantitative estimate of drug-likeness (QED) is 0.0290. The first-order chi connectivity index (χ1) is 65.2. The molecule has 0 aromatic heterocycles. The highest BCUT2D eigenvalue weighted by Crippen LogP contribution is 2.44. The van der Waals surface area contributed by atoms with Gasteiger partial charge in [0.1, 0.15) is 268 Å². The van der Waals surface area contributed by atoms with Crippen molar-refractivity contribution in [3.05, 3.63) is 0 Å². The van der Waals surface area contributed by atoms with E-state index in [4.69, 9.17) is 109 Å². The van der Waals surface area contributed by atoms with Gasteiger partial charge in [-0.25, -0.2) is 0 Å². The van der Waals surface area contributed by atoms with E-state index >= 15 is 0 Å². The number of aliphatic hydroxyl groups is 31. The molecule has 60 atom stereocenters. The number of hydrogen-bond acceptors (Lipinski definition) is 57. The van der Waals surface area contributed by atoms with Crippen LogP contribution in [0.1, 0.15) is 48.5 Å². The number of nitrogens with one attached hydrogen (secondary N) is 3. The van der Waals surface area contributed by atoms with Gasteiger partial charge < -0.3 is 283 Å². The first-order valence-corrected chi connectivity index (χ1v) is 44.6. The van der Waals surface area contributed by atoms with Crippen LogP contribution in [-0.4, -0.2) is 597 Å². The van der Waals surface area contributed by atoms with E-state index in [0.717, 1.165) is 20.8 Å². The van der Waals surface area contributed by atoms with Crippen molar-refractivity contribution in [2.45, 2.75) is 417 Å². The Morgan fingerprint density at radius 1 is 0.203 bits per heavy atom. The molecule has 12 rings (SSSR count). The van der Waals surface area contributed by atoms with Crippen molar-refractivity contribution in [1.82, 2.24) is 16.0 Å². The Morgan fingerprint density at radius 3 is 0.797 bits per heavy atom. The van der Waals surface area contributed by atoms with E-state index in [9.17, 15) is 173 Å². The summed E-state index contributed by atoms with van der Waals surface area (Å²) >= 11 is 0. The lowest BCUT2D eigenvalue weighted by atomic mass is 9.93. The smallest absolute Gasteiger partial charge is 0.217 e. The van der Waals surface area contributed by atoms with Crippen molar-refractivity contribution in [3.8, 4) is 0 Å². The Morgan fingerprint density at radius 2 is 0.449 bits per heavy atom. The van der Waals surface area contributed by atoms with Gasteiger partial charge in [0.2, 0.25) is 17.7 Å². The predicted molar refractivity (Wildman–Crippen MR) is 424 cm³/mol. The first-order valence-electron chi connectivity index (χ1n) is 44.6. The van der Waals surface area contributed by atoms with Crippen LogP contribution in [0.3, 0.4) is 0 Å². The molecule has 3 amide bonds. The minimum absolute atomic E-state index is 0.895. The van der Waals surface area contributed by atoms with Crippen molar-refractivity contribution >= 4 is 17.7 Å². The van der Waals surface area contributed by atoms with Crippen LogP contribution in [0.4, 0.5) is 0 Å². The van der Waals surface area contributed by atoms with Crippen molar-refractivity contribution in [3.63, 3.8) is 0 Å². The van der Waals surface area contributed by atoms with Crippen molar-refractivity contribution < 1.29 is 282 Å². The molecule has 12 heterocycles. The topological polar surface area (TPSA) is 927 Å². The van der Waals surface area contributed by atoms with E-state index in [0.29, 0.717) is 0 Å². The molecular weight excluding hydrogens is 1890 g/mol. The van der Waals surface area contributed by atoms with E-state index in [1.807, 2.05) is 0 Å². The number of aliphatic hydroxyl groups excluding tert-OH is 31. The van der Waals surface area contributed by atoms with Gasteiger partial charge in [0, 0.05) is 20.8 Å². The molecule has 0 radical (unpaired) electrons. The van der Waals surface area contributed by atoms with Gasteiger partial charge >= 0.3 is 0 Å². The average Bonchev–Trinajstić information content (AvgIpc) is 0.755. The minimum atomic E-state index is -2.54. The Labute approximate surface area is 782 Å². The largest absolute Gasteiger partial charge is 0.394 e. The number of carbonyl (C=O) groups excluding carboxylic acids is 3. The molecular formula is C78H131N3O57. The molecule has 12 aliphatic heterocycles. The molecule has 0 aliphatic carbocycles. The molecule has 0 aromatic rings. The van der Waals surface area contributed by atoms with Gasteiger partial charge in [-0.1, -0.05) is 0 Å². The van der Waals surface area contributed by atoms with Gasteiger partial charge in [-0.3, -0.25) is 14.4 Å². The molecule has 0 spiro atoms.